The standard InChI is InChI=1S/C12H17NO/c1-8(2)13-11-4-3-9-6-12(14)7-10(9)5-11/h3-5,8,12-14H,6-7H2,1-2H3. The average Bonchev–Trinajstić information content (AvgIpc) is 2.42. The van der Waals surface area contributed by atoms with Gasteiger partial charge >= 0.3 is 0 Å². The molecule has 76 valence electrons. The first-order valence-electron chi connectivity index (χ1n) is 5.21. The number of hydrogen-bond donors (Lipinski definition) is 2. The molecule has 0 saturated carbocycles. The third-order valence-corrected chi connectivity index (χ3v) is 2.57. The molecular formula is C12H17NO. The number of fused-ring (bicyclic) bond motifs is 1. The van der Waals surface area contributed by atoms with Crippen LogP contribution in [0.4, 0.5) is 5.69 Å². The Hall–Kier alpha value is -1.02. The second kappa shape index (κ2) is 3.62. The van der Waals surface area contributed by atoms with Gasteiger partial charge in [0.25, 0.3) is 0 Å². The topological polar surface area (TPSA) is 32.3 Å². The van der Waals surface area contributed by atoms with Gasteiger partial charge in [-0.1, -0.05) is 6.07 Å². The van der Waals surface area contributed by atoms with Crippen LogP contribution in [0.1, 0.15) is 25.0 Å². The van der Waals surface area contributed by atoms with E-state index in [-0.39, 0.29) is 6.10 Å². The molecule has 1 aliphatic rings. The normalized spacial score (nSPS) is 19.9. The van der Waals surface area contributed by atoms with Gasteiger partial charge in [0.1, 0.15) is 0 Å². The molecular weight excluding hydrogens is 174 g/mol. The summed E-state index contributed by atoms with van der Waals surface area (Å²) in [6.07, 6.45) is 1.46. The second-order valence-electron chi connectivity index (χ2n) is 4.34. The first-order valence-corrected chi connectivity index (χ1v) is 5.21. The van der Waals surface area contributed by atoms with Crippen molar-refractivity contribution in [3.8, 4) is 0 Å². The van der Waals surface area contributed by atoms with Crippen molar-refractivity contribution < 1.29 is 5.11 Å². The van der Waals surface area contributed by atoms with Crippen LogP contribution in [0.15, 0.2) is 18.2 Å². The van der Waals surface area contributed by atoms with E-state index in [1.54, 1.807) is 0 Å². The smallest absolute Gasteiger partial charge is 0.0621 e. The number of rotatable bonds is 2. The van der Waals surface area contributed by atoms with Crippen molar-refractivity contribution in [2.24, 2.45) is 0 Å². The predicted octanol–water partition coefficient (Wildman–Crippen LogP) is 1.97. The fourth-order valence-corrected chi connectivity index (χ4v) is 2.02. The van der Waals surface area contributed by atoms with E-state index in [2.05, 4.69) is 37.4 Å². The van der Waals surface area contributed by atoms with Gasteiger partial charge in [-0.15, -0.1) is 0 Å². The number of nitrogens with one attached hydrogen (secondary N) is 1. The Morgan fingerprint density at radius 2 is 2.00 bits per heavy atom. The van der Waals surface area contributed by atoms with Gasteiger partial charge in [0, 0.05) is 11.7 Å². The SMILES string of the molecule is CC(C)Nc1ccc2c(c1)CC(O)C2. The summed E-state index contributed by atoms with van der Waals surface area (Å²) in [5.41, 5.74) is 3.75. The molecule has 2 N–H and O–H groups in total. The van der Waals surface area contributed by atoms with Crippen molar-refractivity contribution in [1.82, 2.24) is 0 Å². The Labute approximate surface area is 85.0 Å². The zero-order chi connectivity index (χ0) is 10.1. The Balaban J connectivity index is 2.20. The summed E-state index contributed by atoms with van der Waals surface area (Å²) in [7, 11) is 0. The fourth-order valence-electron chi connectivity index (χ4n) is 2.02. The van der Waals surface area contributed by atoms with Crippen molar-refractivity contribution in [2.45, 2.75) is 38.8 Å². The molecule has 1 aromatic rings. The molecule has 1 aliphatic carbocycles. The van der Waals surface area contributed by atoms with Gasteiger partial charge in [0.05, 0.1) is 6.10 Å². The van der Waals surface area contributed by atoms with Gasteiger partial charge in [-0.2, -0.15) is 0 Å². The van der Waals surface area contributed by atoms with E-state index in [4.69, 9.17) is 0 Å². The van der Waals surface area contributed by atoms with Crippen LogP contribution in [0.2, 0.25) is 0 Å². The molecule has 0 bridgehead atoms. The van der Waals surface area contributed by atoms with E-state index in [0.717, 1.165) is 18.5 Å². The van der Waals surface area contributed by atoms with Crippen molar-refractivity contribution in [3.63, 3.8) is 0 Å². The van der Waals surface area contributed by atoms with Gasteiger partial charge in [-0.25, -0.2) is 0 Å². The molecule has 0 amide bonds. The van der Waals surface area contributed by atoms with Crippen LogP contribution in [0.25, 0.3) is 0 Å². The highest BCUT2D eigenvalue weighted by Crippen LogP contribution is 2.25. The molecule has 0 spiro atoms. The molecule has 0 saturated heterocycles. The largest absolute Gasteiger partial charge is 0.392 e. The first kappa shape index (κ1) is 9.53. The lowest BCUT2D eigenvalue weighted by Gasteiger charge is -2.11. The maximum atomic E-state index is 9.50. The van der Waals surface area contributed by atoms with Gasteiger partial charge in [0.2, 0.25) is 0 Å². The van der Waals surface area contributed by atoms with E-state index in [9.17, 15) is 5.11 Å². The van der Waals surface area contributed by atoms with E-state index in [1.165, 1.54) is 11.1 Å². The van der Waals surface area contributed by atoms with Crippen LogP contribution in [-0.2, 0) is 12.8 Å². The molecule has 0 aliphatic heterocycles. The van der Waals surface area contributed by atoms with E-state index in [1.807, 2.05) is 0 Å². The van der Waals surface area contributed by atoms with Crippen molar-refractivity contribution in [3.05, 3.63) is 29.3 Å². The quantitative estimate of drug-likeness (QED) is 0.749. The first-order chi connectivity index (χ1) is 6.65. The van der Waals surface area contributed by atoms with Crippen LogP contribution in [0.5, 0.6) is 0 Å². The summed E-state index contributed by atoms with van der Waals surface area (Å²) in [6.45, 7) is 4.25. The number of anilines is 1. The number of hydrogen-bond acceptors (Lipinski definition) is 2. The van der Waals surface area contributed by atoms with Crippen molar-refractivity contribution >= 4 is 5.69 Å². The van der Waals surface area contributed by atoms with Gasteiger partial charge in [-0.3, -0.25) is 0 Å². The summed E-state index contributed by atoms with van der Waals surface area (Å²) in [4.78, 5) is 0. The molecule has 0 fully saturated rings. The molecule has 0 heterocycles. The van der Waals surface area contributed by atoms with Gasteiger partial charge in [0.15, 0.2) is 0 Å². The van der Waals surface area contributed by atoms with E-state index < -0.39 is 0 Å². The minimum atomic E-state index is -0.167. The third-order valence-electron chi connectivity index (χ3n) is 2.57. The zero-order valence-corrected chi connectivity index (χ0v) is 8.75. The number of benzene rings is 1. The summed E-state index contributed by atoms with van der Waals surface area (Å²) in [6, 6.07) is 6.83. The van der Waals surface area contributed by atoms with Crippen molar-refractivity contribution in [1.29, 1.82) is 0 Å². The summed E-state index contributed by atoms with van der Waals surface area (Å²) < 4.78 is 0. The maximum absolute atomic E-state index is 9.50. The molecule has 1 atom stereocenters. The minimum Gasteiger partial charge on any atom is -0.392 e. The predicted molar refractivity (Wildman–Crippen MR) is 58.6 cm³/mol. The molecule has 2 nitrogen and oxygen atoms in total. The molecule has 1 aromatic carbocycles. The summed E-state index contributed by atoms with van der Waals surface area (Å²) in [5.74, 6) is 0. The minimum absolute atomic E-state index is 0.167. The van der Waals surface area contributed by atoms with Gasteiger partial charge in [-0.05, 0) is 49.9 Å². The Kier molecular flexibility index (Phi) is 2.46. The highest BCUT2D eigenvalue weighted by Gasteiger charge is 2.18. The molecule has 2 heteroatoms. The Bertz CT molecular complexity index is 333. The van der Waals surface area contributed by atoms with Crippen LogP contribution < -0.4 is 5.32 Å². The maximum Gasteiger partial charge on any atom is 0.0621 e. The summed E-state index contributed by atoms with van der Waals surface area (Å²) in [5, 5.41) is 12.9. The summed E-state index contributed by atoms with van der Waals surface area (Å²) >= 11 is 0. The van der Waals surface area contributed by atoms with Crippen LogP contribution in [0.3, 0.4) is 0 Å². The molecule has 2 rings (SSSR count). The number of aliphatic hydroxyl groups is 1. The molecule has 0 aromatic heterocycles. The lowest BCUT2D eigenvalue weighted by Crippen LogP contribution is -2.09. The highest BCUT2D eigenvalue weighted by atomic mass is 16.3. The third kappa shape index (κ3) is 1.90. The molecule has 14 heavy (non-hydrogen) atoms. The van der Waals surface area contributed by atoms with Crippen LogP contribution in [0, 0.1) is 0 Å². The van der Waals surface area contributed by atoms with Crippen molar-refractivity contribution in [2.75, 3.05) is 5.32 Å². The van der Waals surface area contributed by atoms with Crippen LogP contribution in [-0.4, -0.2) is 17.3 Å². The monoisotopic (exact) mass is 191 g/mol. The second-order valence-corrected chi connectivity index (χ2v) is 4.34. The van der Waals surface area contributed by atoms with E-state index in [0.29, 0.717) is 6.04 Å². The van der Waals surface area contributed by atoms with E-state index >= 15 is 0 Å². The Morgan fingerprint density at radius 3 is 2.71 bits per heavy atom. The average molecular weight is 191 g/mol. The highest BCUT2D eigenvalue weighted by molar-refractivity contribution is 5.50. The lowest BCUT2D eigenvalue weighted by molar-refractivity contribution is 0.187. The Morgan fingerprint density at radius 1 is 1.29 bits per heavy atom. The van der Waals surface area contributed by atoms with Gasteiger partial charge < -0.3 is 10.4 Å². The van der Waals surface area contributed by atoms with Crippen LogP contribution >= 0.6 is 0 Å². The lowest BCUT2D eigenvalue weighted by atomic mass is 10.1. The molecule has 1 unspecified atom stereocenters. The zero-order valence-electron chi connectivity index (χ0n) is 8.75. The number of aliphatic hydroxyl groups excluding tert-OH is 1. The fraction of sp³-hybridized carbons (Fsp3) is 0.500. The molecule has 0 radical (unpaired) electrons.